The van der Waals surface area contributed by atoms with Gasteiger partial charge in [0.2, 0.25) is 6.10 Å². The van der Waals surface area contributed by atoms with E-state index in [0.717, 1.165) is 5.56 Å². The maximum absolute atomic E-state index is 11.5. The molecule has 0 bridgehead atoms. The van der Waals surface area contributed by atoms with E-state index in [1.54, 1.807) is 0 Å². The van der Waals surface area contributed by atoms with Gasteiger partial charge in [0.1, 0.15) is 0 Å². The summed E-state index contributed by atoms with van der Waals surface area (Å²) in [6, 6.07) is 9.33. The predicted molar refractivity (Wildman–Crippen MR) is 70.6 cm³/mol. The van der Waals surface area contributed by atoms with Crippen molar-refractivity contribution in [3.8, 4) is 0 Å². The van der Waals surface area contributed by atoms with Crippen molar-refractivity contribution in [1.29, 1.82) is 0 Å². The van der Waals surface area contributed by atoms with Crippen molar-refractivity contribution in [1.82, 2.24) is 5.32 Å². The smallest absolute Gasteiger partial charge is 0.408 e. The van der Waals surface area contributed by atoms with Gasteiger partial charge >= 0.3 is 12.1 Å². The van der Waals surface area contributed by atoms with Crippen LogP contribution in [0.15, 0.2) is 30.3 Å². The molecule has 1 amide bonds. The number of benzene rings is 1. The van der Waals surface area contributed by atoms with E-state index < -0.39 is 18.2 Å². The number of nitrogens with one attached hydrogen (secondary N) is 1. The maximum atomic E-state index is 11.5. The molecule has 0 saturated heterocycles. The number of hydrogen-bond donors (Lipinski definition) is 2. The van der Waals surface area contributed by atoms with Crippen LogP contribution in [0.25, 0.3) is 0 Å². The molecule has 0 aliphatic carbocycles. The molecule has 0 saturated carbocycles. The highest BCUT2D eigenvalue weighted by Crippen LogP contribution is 2.09. The Hall–Kier alpha value is -2.04. The molecule has 0 spiro atoms. The van der Waals surface area contributed by atoms with Gasteiger partial charge in [-0.2, -0.15) is 0 Å². The van der Waals surface area contributed by atoms with Crippen LogP contribution in [0.5, 0.6) is 0 Å². The Labute approximate surface area is 112 Å². The number of rotatable bonds is 6. The van der Waals surface area contributed by atoms with Crippen molar-refractivity contribution in [2.24, 2.45) is 5.92 Å². The number of hydrogen-bond acceptors (Lipinski definition) is 3. The van der Waals surface area contributed by atoms with Gasteiger partial charge in [0, 0.05) is 6.54 Å². The third-order valence-electron chi connectivity index (χ3n) is 2.49. The van der Waals surface area contributed by atoms with Gasteiger partial charge in [0.05, 0.1) is 0 Å². The molecule has 104 valence electrons. The molecule has 0 heterocycles. The number of carboxylic acids is 1. The Morgan fingerprint density at radius 3 is 2.42 bits per heavy atom. The second-order valence-electron chi connectivity index (χ2n) is 4.70. The number of ether oxygens (including phenoxy) is 1. The fourth-order valence-corrected chi connectivity index (χ4v) is 1.57. The average Bonchev–Trinajstić information content (AvgIpc) is 2.36. The molecule has 0 unspecified atom stereocenters. The lowest BCUT2D eigenvalue weighted by Crippen LogP contribution is -2.33. The molecule has 0 aliphatic rings. The minimum atomic E-state index is -1.12. The fourth-order valence-electron chi connectivity index (χ4n) is 1.57. The monoisotopic (exact) mass is 265 g/mol. The third kappa shape index (κ3) is 5.90. The molecule has 1 aromatic carbocycles. The summed E-state index contributed by atoms with van der Waals surface area (Å²) in [6.07, 6.45) is -1.51. The Morgan fingerprint density at radius 1 is 1.26 bits per heavy atom. The van der Waals surface area contributed by atoms with Crippen molar-refractivity contribution in [3.63, 3.8) is 0 Å². The highest BCUT2D eigenvalue weighted by Gasteiger charge is 2.23. The van der Waals surface area contributed by atoms with Crippen LogP contribution in [0.1, 0.15) is 25.8 Å². The van der Waals surface area contributed by atoms with Gasteiger partial charge in [0.15, 0.2) is 0 Å². The fraction of sp³-hybridized carbons (Fsp3) is 0.429. The molecule has 1 atom stereocenters. The van der Waals surface area contributed by atoms with Gasteiger partial charge in [-0.3, -0.25) is 0 Å². The summed E-state index contributed by atoms with van der Waals surface area (Å²) in [5, 5.41) is 11.5. The van der Waals surface area contributed by atoms with Crippen LogP contribution in [-0.2, 0) is 16.1 Å². The van der Waals surface area contributed by atoms with Crippen molar-refractivity contribution < 1.29 is 19.4 Å². The van der Waals surface area contributed by atoms with E-state index >= 15 is 0 Å². The zero-order valence-corrected chi connectivity index (χ0v) is 11.1. The lowest BCUT2D eigenvalue weighted by Gasteiger charge is -2.16. The van der Waals surface area contributed by atoms with E-state index in [9.17, 15) is 9.59 Å². The summed E-state index contributed by atoms with van der Waals surface area (Å²) < 4.78 is 4.89. The van der Waals surface area contributed by atoms with E-state index in [1.807, 2.05) is 44.2 Å². The molecule has 1 aromatic rings. The van der Waals surface area contributed by atoms with Gasteiger partial charge in [0.25, 0.3) is 0 Å². The van der Waals surface area contributed by atoms with E-state index in [1.165, 1.54) is 0 Å². The summed E-state index contributed by atoms with van der Waals surface area (Å²) in [6.45, 7) is 4.07. The molecule has 0 aromatic heterocycles. The van der Waals surface area contributed by atoms with E-state index in [0.29, 0.717) is 13.0 Å². The highest BCUT2D eigenvalue weighted by atomic mass is 16.6. The third-order valence-corrected chi connectivity index (χ3v) is 2.49. The molecule has 1 rings (SSSR count). The summed E-state index contributed by atoms with van der Waals surface area (Å²) in [7, 11) is 0. The van der Waals surface area contributed by atoms with Gasteiger partial charge in [-0.25, -0.2) is 9.59 Å². The number of amides is 1. The van der Waals surface area contributed by atoms with Gasteiger partial charge in [-0.1, -0.05) is 44.2 Å². The van der Waals surface area contributed by atoms with Gasteiger partial charge in [-0.05, 0) is 17.9 Å². The molecule has 2 N–H and O–H groups in total. The molecule has 0 radical (unpaired) electrons. The van der Waals surface area contributed by atoms with Crippen LogP contribution in [-0.4, -0.2) is 23.3 Å². The lowest BCUT2D eigenvalue weighted by molar-refractivity contribution is -0.147. The van der Waals surface area contributed by atoms with Crippen molar-refractivity contribution in [2.45, 2.75) is 32.9 Å². The molecule has 5 heteroatoms. The minimum absolute atomic E-state index is 0.142. The Bertz CT molecular complexity index is 417. The van der Waals surface area contributed by atoms with Crippen LogP contribution >= 0.6 is 0 Å². The van der Waals surface area contributed by atoms with E-state index in [2.05, 4.69) is 5.32 Å². The standard InChI is InChI=1S/C14H19NO4/c1-10(2)8-12(13(16)17)19-14(18)15-9-11-6-4-3-5-7-11/h3-7,10,12H,8-9H2,1-2H3,(H,15,18)(H,16,17)/t12-/m0/s1. The van der Waals surface area contributed by atoms with Crippen LogP contribution in [0.2, 0.25) is 0 Å². The van der Waals surface area contributed by atoms with Crippen LogP contribution in [0.3, 0.4) is 0 Å². The number of alkyl carbamates (subject to hydrolysis) is 1. The van der Waals surface area contributed by atoms with E-state index in [-0.39, 0.29) is 5.92 Å². The second kappa shape index (κ2) is 7.41. The SMILES string of the molecule is CC(C)C[C@H](OC(=O)NCc1ccccc1)C(=O)O. The summed E-state index contributed by atoms with van der Waals surface area (Å²) in [5.74, 6) is -0.980. The van der Waals surface area contributed by atoms with Crippen LogP contribution in [0, 0.1) is 5.92 Å². The summed E-state index contributed by atoms with van der Waals surface area (Å²) >= 11 is 0. The van der Waals surface area contributed by atoms with Gasteiger partial charge in [-0.15, -0.1) is 0 Å². The zero-order chi connectivity index (χ0) is 14.3. The number of carbonyl (C=O) groups is 2. The first-order chi connectivity index (χ1) is 8.99. The lowest BCUT2D eigenvalue weighted by atomic mass is 10.1. The Balaban J connectivity index is 2.42. The maximum Gasteiger partial charge on any atom is 0.408 e. The van der Waals surface area contributed by atoms with Crippen LogP contribution in [0.4, 0.5) is 4.79 Å². The molecule has 5 nitrogen and oxygen atoms in total. The second-order valence-corrected chi connectivity index (χ2v) is 4.70. The van der Waals surface area contributed by atoms with Crippen molar-refractivity contribution >= 4 is 12.1 Å². The minimum Gasteiger partial charge on any atom is -0.479 e. The Morgan fingerprint density at radius 2 is 1.89 bits per heavy atom. The first-order valence-electron chi connectivity index (χ1n) is 6.20. The van der Waals surface area contributed by atoms with Crippen molar-refractivity contribution in [3.05, 3.63) is 35.9 Å². The highest BCUT2D eigenvalue weighted by molar-refractivity contribution is 5.77. The number of carbonyl (C=O) groups excluding carboxylic acids is 1. The molecule has 19 heavy (non-hydrogen) atoms. The quantitative estimate of drug-likeness (QED) is 0.828. The van der Waals surface area contributed by atoms with Crippen LogP contribution < -0.4 is 5.32 Å². The normalized spacial score (nSPS) is 11.9. The first-order valence-corrected chi connectivity index (χ1v) is 6.20. The molecular formula is C14H19NO4. The first kappa shape index (κ1) is 15.0. The predicted octanol–water partition coefficient (Wildman–Crippen LogP) is 2.41. The van der Waals surface area contributed by atoms with E-state index in [4.69, 9.17) is 9.84 Å². The summed E-state index contributed by atoms with van der Waals surface area (Å²) in [4.78, 5) is 22.5. The number of aliphatic carboxylic acids is 1. The number of carboxylic acid groups (broad SMARTS) is 1. The molecule has 0 aliphatic heterocycles. The summed E-state index contributed by atoms with van der Waals surface area (Å²) in [5.41, 5.74) is 0.926. The zero-order valence-electron chi connectivity index (χ0n) is 11.1. The average molecular weight is 265 g/mol. The molecule has 0 fully saturated rings. The van der Waals surface area contributed by atoms with Crippen molar-refractivity contribution in [2.75, 3.05) is 0 Å². The largest absolute Gasteiger partial charge is 0.479 e. The Kier molecular flexibility index (Phi) is 5.85. The topological polar surface area (TPSA) is 75.6 Å². The van der Waals surface area contributed by atoms with Gasteiger partial charge < -0.3 is 15.2 Å². The molecular weight excluding hydrogens is 246 g/mol.